The predicted octanol–water partition coefficient (Wildman–Crippen LogP) is 1.82. The topological polar surface area (TPSA) is 74.3 Å². The van der Waals surface area contributed by atoms with Crippen molar-refractivity contribution in [3.63, 3.8) is 0 Å². The number of fused-ring (bicyclic) bond motifs is 1. The zero-order valence-corrected chi connectivity index (χ0v) is 14.1. The molecule has 118 valence electrons. The van der Waals surface area contributed by atoms with Crippen LogP contribution in [-0.4, -0.2) is 43.0 Å². The number of amides is 2. The zero-order chi connectivity index (χ0) is 15.7. The number of carbonyl (C=O) groups is 2. The van der Waals surface area contributed by atoms with Crippen LogP contribution < -0.4 is 15.5 Å². The molecule has 0 aliphatic carbocycles. The van der Waals surface area contributed by atoms with E-state index in [-0.39, 0.29) is 11.8 Å². The highest BCUT2D eigenvalue weighted by molar-refractivity contribution is 7.29. The van der Waals surface area contributed by atoms with Gasteiger partial charge in [0.15, 0.2) is 5.13 Å². The molecule has 0 saturated carbocycles. The number of aromatic nitrogens is 1. The molecule has 1 aliphatic rings. The van der Waals surface area contributed by atoms with Gasteiger partial charge in [0.05, 0.1) is 9.58 Å². The average Bonchev–Trinajstić information content (AvgIpc) is 3.19. The van der Waals surface area contributed by atoms with Crippen LogP contribution >= 0.6 is 22.7 Å². The summed E-state index contributed by atoms with van der Waals surface area (Å²) in [5.74, 6) is -0.435. The van der Waals surface area contributed by atoms with Crippen molar-refractivity contribution in [2.75, 3.05) is 25.0 Å². The second-order valence-electron chi connectivity index (χ2n) is 5.28. The lowest BCUT2D eigenvalue weighted by atomic mass is 10.3. The molecule has 3 heterocycles. The van der Waals surface area contributed by atoms with Crippen molar-refractivity contribution >= 4 is 49.1 Å². The molecule has 2 amide bonds. The molecule has 1 saturated heterocycles. The second-order valence-corrected chi connectivity index (χ2v) is 7.32. The molecule has 1 fully saturated rings. The first-order valence-electron chi connectivity index (χ1n) is 7.26. The van der Waals surface area contributed by atoms with E-state index in [2.05, 4.69) is 20.5 Å². The Hall–Kier alpha value is -1.67. The SMILES string of the molecule is CNC(=O)[C@@H](C)NC(=O)c1cc2sc(N3CCCC3)nc2s1. The van der Waals surface area contributed by atoms with Crippen LogP contribution in [0.3, 0.4) is 0 Å². The monoisotopic (exact) mass is 338 g/mol. The molecule has 0 spiro atoms. The van der Waals surface area contributed by atoms with Crippen molar-refractivity contribution in [1.82, 2.24) is 15.6 Å². The maximum atomic E-state index is 12.2. The average molecular weight is 338 g/mol. The first kappa shape index (κ1) is 15.2. The standard InChI is InChI=1S/C14H18N4O2S2/c1-8(11(19)15-2)16-12(20)9-7-10-13(21-9)17-14(22-10)18-5-3-4-6-18/h7-8H,3-6H2,1-2H3,(H,15,19)(H,16,20)/t8-/m1/s1. The highest BCUT2D eigenvalue weighted by atomic mass is 32.1. The van der Waals surface area contributed by atoms with Crippen LogP contribution in [0.25, 0.3) is 9.53 Å². The minimum Gasteiger partial charge on any atom is -0.357 e. The fourth-order valence-electron chi connectivity index (χ4n) is 2.43. The first-order chi connectivity index (χ1) is 10.6. The molecule has 2 aromatic heterocycles. The Morgan fingerprint density at radius 1 is 1.32 bits per heavy atom. The molecule has 0 aromatic carbocycles. The van der Waals surface area contributed by atoms with E-state index in [1.54, 1.807) is 25.3 Å². The molecule has 0 radical (unpaired) electrons. The van der Waals surface area contributed by atoms with Crippen LogP contribution in [0.4, 0.5) is 5.13 Å². The van der Waals surface area contributed by atoms with Gasteiger partial charge in [-0.05, 0) is 25.8 Å². The highest BCUT2D eigenvalue weighted by Gasteiger charge is 2.21. The summed E-state index contributed by atoms with van der Waals surface area (Å²) in [6.45, 7) is 3.80. The molecule has 0 unspecified atom stereocenters. The number of nitrogens with zero attached hydrogens (tertiary/aromatic N) is 2. The lowest BCUT2D eigenvalue weighted by Crippen LogP contribution is -2.43. The summed E-state index contributed by atoms with van der Waals surface area (Å²) in [5, 5.41) is 6.25. The molecule has 22 heavy (non-hydrogen) atoms. The lowest BCUT2D eigenvalue weighted by molar-refractivity contribution is -0.122. The minimum atomic E-state index is -0.550. The molecule has 1 aliphatic heterocycles. The fourth-order valence-corrected chi connectivity index (χ4v) is 4.59. The molecule has 2 aromatic rings. The number of hydrogen-bond donors (Lipinski definition) is 2. The summed E-state index contributed by atoms with van der Waals surface area (Å²) < 4.78 is 1.03. The van der Waals surface area contributed by atoms with E-state index in [4.69, 9.17) is 0 Å². The van der Waals surface area contributed by atoms with E-state index in [0.717, 1.165) is 27.8 Å². The van der Waals surface area contributed by atoms with Crippen LogP contribution in [0.5, 0.6) is 0 Å². The number of carbonyl (C=O) groups excluding carboxylic acids is 2. The van der Waals surface area contributed by atoms with Gasteiger partial charge in [0.1, 0.15) is 10.9 Å². The lowest BCUT2D eigenvalue weighted by Gasteiger charge is -2.12. The molecule has 2 N–H and O–H groups in total. The van der Waals surface area contributed by atoms with Gasteiger partial charge in [-0.15, -0.1) is 11.3 Å². The third kappa shape index (κ3) is 2.93. The maximum Gasteiger partial charge on any atom is 0.262 e. The molecular formula is C14H18N4O2S2. The predicted molar refractivity (Wildman–Crippen MR) is 89.9 cm³/mol. The summed E-state index contributed by atoms with van der Waals surface area (Å²) in [7, 11) is 1.55. The van der Waals surface area contributed by atoms with E-state index < -0.39 is 6.04 Å². The quantitative estimate of drug-likeness (QED) is 0.892. The molecule has 3 rings (SSSR count). The molecular weight excluding hydrogens is 320 g/mol. The summed E-state index contributed by atoms with van der Waals surface area (Å²) in [6, 6.07) is 1.31. The number of nitrogens with one attached hydrogen (secondary N) is 2. The summed E-state index contributed by atoms with van der Waals surface area (Å²) in [6.07, 6.45) is 2.44. The number of hydrogen-bond acceptors (Lipinski definition) is 6. The van der Waals surface area contributed by atoms with Crippen LogP contribution in [0.1, 0.15) is 29.4 Å². The van der Waals surface area contributed by atoms with Crippen LogP contribution in [0, 0.1) is 0 Å². The number of likely N-dealkylation sites (N-methyl/N-ethyl adjacent to an activating group) is 1. The number of rotatable bonds is 4. The third-order valence-corrected chi connectivity index (χ3v) is 5.89. The fraction of sp³-hybridized carbons (Fsp3) is 0.500. The second kappa shape index (κ2) is 6.21. The van der Waals surface area contributed by atoms with Gasteiger partial charge in [0.2, 0.25) is 5.91 Å². The minimum absolute atomic E-state index is 0.207. The maximum absolute atomic E-state index is 12.2. The van der Waals surface area contributed by atoms with Gasteiger partial charge < -0.3 is 15.5 Å². The molecule has 0 bridgehead atoms. The van der Waals surface area contributed by atoms with Crippen molar-refractivity contribution in [3.05, 3.63) is 10.9 Å². The van der Waals surface area contributed by atoms with Gasteiger partial charge in [-0.2, -0.15) is 0 Å². The van der Waals surface area contributed by atoms with Gasteiger partial charge in [-0.3, -0.25) is 9.59 Å². The van der Waals surface area contributed by atoms with Gasteiger partial charge >= 0.3 is 0 Å². The van der Waals surface area contributed by atoms with Gasteiger partial charge in [0.25, 0.3) is 5.91 Å². The molecule has 6 nitrogen and oxygen atoms in total. The van der Waals surface area contributed by atoms with E-state index in [0.29, 0.717) is 4.88 Å². The van der Waals surface area contributed by atoms with Crippen LogP contribution in [-0.2, 0) is 4.79 Å². The van der Waals surface area contributed by atoms with Crippen molar-refractivity contribution < 1.29 is 9.59 Å². The number of anilines is 1. The Morgan fingerprint density at radius 2 is 2.05 bits per heavy atom. The van der Waals surface area contributed by atoms with Crippen LogP contribution in [0.15, 0.2) is 6.07 Å². The Labute approximate surface area is 136 Å². The molecule has 1 atom stereocenters. The van der Waals surface area contributed by atoms with E-state index in [1.807, 2.05) is 6.07 Å². The van der Waals surface area contributed by atoms with Crippen molar-refractivity contribution in [1.29, 1.82) is 0 Å². The Kier molecular flexibility index (Phi) is 4.30. The first-order valence-corrected chi connectivity index (χ1v) is 8.89. The van der Waals surface area contributed by atoms with Crippen molar-refractivity contribution in [2.45, 2.75) is 25.8 Å². The zero-order valence-electron chi connectivity index (χ0n) is 12.5. The van der Waals surface area contributed by atoms with Gasteiger partial charge in [-0.25, -0.2) is 4.98 Å². The van der Waals surface area contributed by atoms with Gasteiger partial charge in [-0.1, -0.05) is 11.3 Å². The van der Waals surface area contributed by atoms with E-state index in [9.17, 15) is 9.59 Å². The third-order valence-electron chi connectivity index (χ3n) is 3.67. The van der Waals surface area contributed by atoms with Gasteiger partial charge in [0, 0.05) is 20.1 Å². The molecule has 8 heteroatoms. The largest absolute Gasteiger partial charge is 0.357 e. The van der Waals surface area contributed by atoms with E-state index in [1.165, 1.54) is 24.2 Å². The number of thiazole rings is 1. The smallest absolute Gasteiger partial charge is 0.262 e. The van der Waals surface area contributed by atoms with Crippen molar-refractivity contribution in [2.24, 2.45) is 0 Å². The highest BCUT2D eigenvalue weighted by Crippen LogP contribution is 2.35. The Morgan fingerprint density at radius 3 is 2.68 bits per heavy atom. The normalized spacial score (nSPS) is 16.0. The summed E-state index contributed by atoms with van der Waals surface area (Å²) >= 11 is 3.00. The summed E-state index contributed by atoms with van der Waals surface area (Å²) in [5.41, 5.74) is 0. The number of thiophene rings is 1. The Balaban J connectivity index is 1.73. The van der Waals surface area contributed by atoms with Crippen molar-refractivity contribution in [3.8, 4) is 0 Å². The van der Waals surface area contributed by atoms with E-state index >= 15 is 0 Å². The van der Waals surface area contributed by atoms with Crippen LogP contribution in [0.2, 0.25) is 0 Å². The summed E-state index contributed by atoms with van der Waals surface area (Å²) in [4.78, 5) is 32.0. The Bertz CT molecular complexity index is 671.